The highest BCUT2D eigenvalue weighted by Crippen LogP contribution is 2.25. The van der Waals surface area contributed by atoms with E-state index in [0.717, 1.165) is 11.3 Å². The summed E-state index contributed by atoms with van der Waals surface area (Å²) in [5, 5.41) is 4.02. The number of thiophene rings is 1. The predicted octanol–water partition coefficient (Wildman–Crippen LogP) is 2.72. The molecule has 3 aromatic rings. The van der Waals surface area contributed by atoms with E-state index in [1.54, 1.807) is 39.1 Å². The zero-order valence-electron chi connectivity index (χ0n) is 18.6. The van der Waals surface area contributed by atoms with Gasteiger partial charge in [-0.2, -0.15) is 11.3 Å². The summed E-state index contributed by atoms with van der Waals surface area (Å²) >= 11 is 1.60. The zero-order valence-corrected chi connectivity index (χ0v) is 19.4. The van der Waals surface area contributed by atoms with Gasteiger partial charge >= 0.3 is 5.97 Å². The van der Waals surface area contributed by atoms with E-state index in [2.05, 4.69) is 4.98 Å². The molecule has 0 unspecified atom stereocenters. The highest BCUT2D eigenvalue weighted by Gasteiger charge is 2.27. The Balaban J connectivity index is 1.59. The number of fused-ring (bicyclic) bond motifs is 1. The Morgan fingerprint density at radius 1 is 1.18 bits per heavy atom. The smallest absolute Gasteiger partial charge is 0.343 e. The first-order chi connectivity index (χ1) is 16.0. The molecule has 8 nitrogen and oxygen atoms in total. The minimum absolute atomic E-state index is 0.157. The third kappa shape index (κ3) is 4.98. The van der Waals surface area contributed by atoms with Crippen molar-refractivity contribution in [2.45, 2.75) is 26.3 Å². The van der Waals surface area contributed by atoms with Gasteiger partial charge in [0.15, 0.2) is 0 Å². The van der Waals surface area contributed by atoms with Crippen molar-refractivity contribution in [3.63, 3.8) is 0 Å². The normalized spacial score (nSPS) is 13.2. The lowest BCUT2D eigenvalue weighted by Gasteiger charge is -2.19. The Labute approximate surface area is 195 Å². The second kappa shape index (κ2) is 9.99. The van der Waals surface area contributed by atoms with Crippen LogP contribution in [-0.2, 0) is 24.1 Å². The number of methoxy groups -OCH3 is 1. The molecule has 3 aromatic heterocycles. The van der Waals surface area contributed by atoms with E-state index >= 15 is 0 Å². The van der Waals surface area contributed by atoms with Crippen LogP contribution < -0.4 is 10.3 Å². The Hall–Kier alpha value is -3.46. The SMILES string of the molecule is COC(=O)c1c(OCCc2ccsc2)cc(=O)n2c1CCN(C(=O)c1ccc(C)nc1)CC2. The molecular weight excluding hydrogens is 442 g/mol. The van der Waals surface area contributed by atoms with Gasteiger partial charge in [-0.1, -0.05) is 0 Å². The third-order valence-electron chi connectivity index (χ3n) is 5.66. The molecule has 0 saturated carbocycles. The van der Waals surface area contributed by atoms with Gasteiger partial charge in [-0.25, -0.2) is 4.79 Å². The van der Waals surface area contributed by atoms with E-state index in [0.29, 0.717) is 43.8 Å². The Morgan fingerprint density at radius 3 is 2.73 bits per heavy atom. The molecule has 0 fully saturated rings. The maximum atomic E-state index is 13.0. The van der Waals surface area contributed by atoms with E-state index in [1.165, 1.54) is 13.2 Å². The number of hydrogen-bond donors (Lipinski definition) is 0. The number of amides is 1. The highest BCUT2D eigenvalue weighted by molar-refractivity contribution is 7.07. The molecule has 0 aromatic carbocycles. The number of hydrogen-bond acceptors (Lipinski definition) is 7. The van der Waals surface area contributed by atoms with Crippen molar-refractivity contribution < 1.29 is 19.1 Å². The van der Waals surface area contributed by atoms with E-state index in [-0.39, 0.29) is 29.3 Å². The van der Waals surface area contributed by atoms with Gasteiger partial charge in [0.25, 0.3) is 11.5 Å². The molecule has 0 saturated heterocycles. The summed E-state index contributed by atoms with van der Waals surface area (Å²) in [7, 11) is 1.30. The molecule has 4 heterocycles. The van der Waals surface area contributed by atoms with Crippen LogP contribution in [0.5, 0.6) is 5.75 Å². The van der Waals surface area contributed by atoms with Crippen molar-refractivity contribution in [1.82, 2.24) is 14.5 Å². The summed E-state index contributed by atoms with van der Waals surface area (Å²) in [4.78, 5) is 44.4. The molecule has 33 heavy (non-hydrogen) atoms. The first kappa shape index (κ1) is 22.7. The summed E-state index contributed by atoms with van der Waals surface area (Å²) in [6.45, 7) is 3.16. The Kier molecular flexibility index (Phi) is 6.88. The molecule has 0 spiro atoms. The van der Waals surface area contributed by atoms with Crippen molar-refractivity contribution in [3.8, 4) is 5.75 Å². The van der Waals surface area contributed by atoms with Crippen LogP contribution in [0.2, 0.25) is 0 Å². The van der Waals surface area contributed by atoms with Crippen LogP contribution in [0.15, 0.2) is 46.0 Å². The van der Waals surface area contributed by atoms with Gasteiger partial charge in [0.1, 0.15) is 11.3 Å². The summed E-state index contributed by atoms with van der Waals surface area (Å²) in [6.07, 6.45) is 2.54. The number of nitrogens with zero attached hydrogens (tertiary/aromatic N) is 3. The average molecular weight is 468 g/mol. The molecule has 1 aliphatic heterocycles. The zero-order chi connectivity index (χ0) is 23.4. The monoisotopic (exact) mass is 467 g/mol. The standard InChI is InChI=1S/C24H25N3O5S/c1-16-3-4-18(14-25-16)23(29)26-8-5-19-22(24(30)31-2)20(13-21(28)27(19)10-9-26)32-11-6-17-7-12-33-15-17/h3-4,7,12-15H,5-6,8-11H2,1-2H3. The fourth-order valence-corrected chi connectivity index (χ4v) is 4.58. The molecule has 0 aliphatic carbocycles. The number of rotatable bonds is 6. The highest BCUT2D eigenvalue weighted by atomic mass is 32.1. The quantitative estimate of drug-likeness (QED) is 0.518. The average Bonchev–Trinajstić information content (AvgIpc) is 3.23. The van der Waals surface area contributed by atoms with Gasteiger partial charge in [0.05, 0.1) is 19.3 Å². The van der Waals surface area contributed by atoms with Crippen LogP contribution in [-0.4, -0.2) is 53.1 Å². The molecule has 0 bridgehead atoms. The number of esters is 1. The number of aryl methyl sites for hydroxylation is 1. The third-order valence-corrected chi connectivity index (χ3v) is 6.39. The fourth-order valence-electron chi connectivity index (χ4n) is 3.88. The van der Waals surface area contributed by atoms with Crippen molar-refractivity contribution >= 4 is 23.2 Å². The summed E-state index contributed by atoms with van der Waals surface area (Å²) in [6, 6.07) is 6.88. The first-order valence-electron chi connectivity index (χ1n) is 10.7. The van der Waals surface area contributed by atoms with Crippen LogP contribution in [0, 0.1) is 6.92 Å². The molecule has 4 rings (SSSR count). The topological polar surface area (TPSA) is 90.7 Å². The van der Waals surface area contributed by atoms with Crippen molar-refractivity contribution in [3.05, 3.63) is 79.7 Å². The Morgan fingerprint density at radius 2 is 2.03 bits per heavy atom. The molecule has 0 atom stereocenters. The van der Waals surface area contributed by atoms with E-state index in [1.807, 2.05) is 23.8 Å². The van der Waals surface area contributed by atoms with Crippen LogP contribution in [0.1, 0.15) is 37.7 Å². The van der Waals surface area contributed by atoms with Crippen molar-refractivity contribution in [2.75, 3.05) is 26.8 Å². The molecule has 172 valence electrons. The van der Waals surface area contributed by atoms with Gasteiger partial charge in [-0.05, 0) is 41.4 Å². The molecule has 1 amide bonds. The van der Waals surface area contributed by atoms with E-state index in [4.69, 9.17) is 9.47 Å². The molecule has 0 radical (unpaired) electrons. The lowest BCUT2D eigenvalue weighted by molar-refractivity contribution is 0.0593. The van der Waals surface area contributed by atoms with Gasteiger partial charge in [-0.15, -0.1) is 0 Å². The van der Waals surface area contributed by atoms with Crippen LogP contribution in [0.4, 0.5) is 0 Å². The summed E-state index contributed by atoms with van der Waals surface area (Å²) < 4.78 is 12.4. The number of carbonyl (C=O) groups is 2. The van der Waals surface area contributed by atoms with Gasteiger partial charge in [0, 0.05) is 56.1 Å². The molecular formula is C24H25N3O5S. The second-order valence-electron chi connectivity index (χ2n) is 7.77. The Bertz CT molecular complexity index is 1200. The summed E-state index contributed by atoms with van der Waals surface area (Å²) in [5.74, 6) is -0.502. The minimum atomic E-state index is -0.563. The van der Waals surface area contributed by atoms with Crippen LogP contribution in [0.3, 0.4) is 0 Å². The maximum absolute atomic E-state index is 13.0. The predicted molar refractivity (Wildman–Crippen MR) is 124 cm³/mol. The number of pyridine rings is 2. The second-order valence-corrected chi connectivity index (χ2v) is 8.55. The first-order valence-corrected chi connectivity index (χ1v) is 11.6. The minimum Gasteiger partial charge on any atom is -0.492 e. The van der Waals surface area contributed by atoms with E-state index in [9.17, 15) is 14.4 Å². The lowest BCUT2D eigenvalue weighted by Crippen LogP contribution is -2.34. The number of aromatic nitrogens is 2. The van der Waals surface area contributed by atoms with Gasteiger partial charge in [0.2, 0.25) is 0 Å². The molecule has 9 heteroatoms. The van der Waals surface area contributed by atoms with Gasteiger partial charge in [-0.3, -0.25) is 14.6 Å². The van der Waals surface area contributed by atoms with Crippen LogP contribution >= 0.6 is 11.3 Å². The molecule has 0 N–H and O–H groups in total. The van der Waals surface area contributed by atoms with Crippen LogP contribution in [0.25, 0.3) is 0 Å². The number of carbonyl (C=O) groups excluding carboxylic acids is 2. The van der Waals surface area contributed by atoms with Crippen molar-refractivity contribution in [2.24, 2.45) is 0 Å². The fraction of sp³-hybridized carbons (Fsp3) is 0.333. The summed E-state index contributed by atoms with van der Waals surface area (Å²) in [5.41, 5.74) is 2.95. The van der Waals surface area contributed by atoms with E-state index < -0.39 is 5.97 Å². The molecule has 1 aliphatic rings. The largest absolute Gasteiger partial charge is 0.492 e. The number of ether oxygens (including phenoxy) is 2. The van der Waals surface area contributed by atoms with Crippen molar-refractivity contribution in [1.29, 1.82) is 0 Å². The lowest BCUT2D eigenvalue weighted by atomic mass is 10.1. The van der Waals surface area contributed by atoms with Gasteiger partial charge < -0.3 is 18.9 Å². The maximum Gasteiger partial charge on any atom is 0.343 e.